The molecule has 1 aromatic rings. The highest BCUT2D eigenvalue weighted by molar-refractivity contribution is 7.08. The van der Waals surface area contributed by atoms with Crippen LogP contribution in [-0.2, 0) is 12.8 Å². The van der Waals surface area contributed by atoms with Gasteiger partial charge in [-0.25, -0.2) is 0 Å². The van der Waals surface area contributed by atoms with Crippen LogP contribution < -0.4 is 0 Å². The molecule has 0 aliphatic carbocycles. The Morgan fingerprint density at radius 1 is 0.600 bits per heavy atom. The standard InChI is InChI=1S/C19H34S/c1-3-5-7-9-11-13-15-19-17-20-16-18(19)14-12-10-8-6-4-2/h16-17H,3-15H2,1-2H3. The van der Waals surface area contributed by atoms with Crippen molar-refractivity contribution >= 4 is 11.3 Å². The van der Waals surface area contributed by atoms with Gasteiger partial charge in [-0.1, -0.05) is 71.6 Å². The summed E-state index contributed by atoms with van der Waals surface area (Å²) < 4.78 is 0. The molecule has 0 nitrogen and oxygen atoms in total. The van der Waals surface area contributed by atoms with E-state index in [-0.39, 0.29) is 0 Å². The van der Waals surface area contributed by atoms with Gasteiger partial charge in [0.2, 0.25) is 0 Å². The van der Waals surface area contributed by atoms with Gasteiger partial charge >= 0.3 is 0 Å². The molecule has 0 bridgehead atoms. The van der Waals surface area contributed by atoms with Gasteiger partial charge in [0.25, 0.3) is 0 Å². The van der Waals surface area contributed by atoms with Gasteiger partial charge in [-0.15, -0.1) is 0 Å². The second-order valence-corrected chi connectivity index (χ2v) is 6.85. The summed E-state index contributed by atoms with van der Waals surface area (Å²) in [6, 6.07) is 0. The van der Waals surface area contributed by atoms with Crippen LogP contribution in [0.1, 0.15) is 95.6 Å². The van der Waals surface area contributed by atoms with E-state index in [0.717, 1.165) is 0 Å². The maximum Gasteiger partial charge on any atom is -0.00584 e. The average Bonchev–Trinajstić information content (AvgIpc) is 2.90. The Hall–Kier alpha value is -0.300. The fourth-order valence-electron chi connectivity index (χ4n) is 2.80. The second-order valence-electron chi connectivity index (χ2n) is 6.10. The van der Waals surface area contributed by atoms with Crippen LogP contribution in [0.4, 0.5) is 0 Å². The van der Waals surface area contributed by atoms with E-state index in [1.165, 1.54) is 83.5 Å². The molecule has 1 heterocycles. The minimum Gasteiger partial charge on any atom is -0.152 e. The highest BCUT2D eigenvalue weighted by atomic mass is 32.1. The molecule has 0 N–H and O–H groups in total. The normalized spacial score (nSPS) is 11.1. The van der Waals surface area contributed by atoms with Crippen LogP contribution >= 0.6 is 11.3 Å². The van der Waals surface area contributed by atoms with Crippen LogP contribution in [0.5, 0.6) is 0 Å². The summed E-state index contributed by atoms with van der Waals surface area (Å²) >= 11 is 1.91. The molecule has 0 aliphatic heterocycles. The summed E-state index contributed by atoms with van der Waals surface area (Å²) in [4.78, 5) is 0. The van der Waals surface area contributed by atoms with E-state index in [4.69, 9.17) is 0 Å². The predicted octanol–water partition coefficient (Wildman–Crippen LogP) is 7.16. The van der Waals surface area contributed by atoms with Crippen molar-refractivity contribution in [2.75, 3.05) is 0 Å². The van der Waals surface area contributed by atoms with Crippen LogP contribution in [-0.4, -0.2) is 0 Å². The van der Waals surface area contributed by atoms with E-state index in [1.54, 1.807) is 11.1 Å². The number of thiophene rings is 1. The molecule has 20 heavy (non-hydrogen) atoms. The Morgan fingerprint density at radius 2 is 1.00 bits per heavy atom. The summed E-state index contributed by atoms with van der Waals surface area (Å²) in [5.41, 5.74) is 3.31. The summed E-state index contributed by atoms with van der Waals surface area (Å²) in [7, 11) is 0. The minimum absolute atomic E-state index is 1.32. The molecule has 0 aromatic carbocycles. The molecule has 0 atom stereocenters. The van der Waals surface area contributed by atoms with Crippen molar-refractivity contribution in [1.82, 2.24) is 0 Å². The lowest BCUT2D eigenvalue weighted by Crippen LogP contribution is -1.91. The molecule has 1 heteroatoms. The molecule has 1 rings (SSSR count). The van der Waals surface area contributed by atoms with Crippen molar-refractivity contribution in [3.63, 3.8) is 0 Å². The van der Waals surface area contributed by atoms with Gasteiger partial charge < -0.3 is 0 Å². The lowest BCUT2D eigenvalue weighted by atomic mass is 10.0. The van der Waals surface area contributed by atoms with Gasteiger partial charge in [0, 0.05) is 0 Å². The summed E-state index contributed by atoms with van der Waals surface area (Å²) in [5, 5.41) is 4.79. The molecule has 0 spiro atoms. The van der Waals surface area contributed by atoms with Crippen LogP contribution in [0.3, 0.4) is 0 Å². The first-order chi connectivity index (χ1) is 9.88. The number of hydrogen-bond donors (Lipinski definition) is 0. The minimum atomic E-state index is 1.32. The third-order valence-electron chi connectivity index (χ3n) is 4.18. The Balaban J connectivity index is 2.11. The highest BCUT2D eigenvalue weighted by Crippen LogP contribution is 2.21. The van der Waals surface area contributed by atoms with E-state index >= 15 is 0 Å². The van der Waals surface area contributed by atoms with Crippen LogP contribution in [0.25, 0.3) is 0 Å². The fraction of sp³-hybridized carbons (Fsp3) is 0.789. The molecular weight excluding hydrogens is 260 g/mol. The lowest BCUT2D eigenvalue weighted by Gasteiger charge is -2.05. The molecule has 0 saturated heterocycles. The Morgan fingerprint density at radius 3 is 1.45 bits per heavy atom. The molecule has 0 unspecified atom stereocenters. The topological polar surface area (TPSA) is 0 Å². The van der Waals surface area contributed by atoms with Crippen LogP contribution in [0.15, 0.2) is 10.8 Å². The zero-order chi connectivity index (χ0) is 14.5. The van der Waals surface area contributed by atoms with E-state index in [1.807, 2.05) is 11.3 Å². The zero-order valence-electron chi connectivity index (χ0n) is 13.8. The average molecular weight is 295 g/mol. The van der Waals surface area contributed by atoms with Gasteiger partial charge in [-0.2, -0.15) is 11.3 Å². The first-order valence-corrected chi connectivity index (χ1v) is 9.86. The van der Waals surface area contributed by atoms with E-state index < -0.39 is 0 Å². The van der Waals surface area contributed by atoms with Crippen molar-refractivity contribution in [3.05, 3.63) is 21.9 Å². The molecule has 0 amide bonds. The highest BCUT2D eigenvalue weighted by Gasteiger charge is 2.03. The third-order valence-corrected chi connectivity index (χ3v) is 5.02. The van der Waals surface area contributed by atoms with Crippen molar-refractivity contribution in [2.24, 2.45) is 0 Å². The van der Waals surface area contributed by atoms with E-state index in [2.05, 4.69) is 24.6 Å². The quantitative estimate of drug-likeness (QED) is 0.338. The van der Waals surface area contributed by atoms with Crippen molar-refractivity contribution in [1.29, 1.82) is 0 Å². The van der Waals surface area contributed by atoms with Gasteiger partial charge in [0.15, 0.2) is 0 Å². The molecule has 0 saturated carbocycles. The van der Waals surface area contributed by atoms with Crippen molar-refractivity contribution in [2.45, 2.75) is 97.3 Å². The zero-order valence-corrected chi connectivity index (χ0v) is 14.6. The van der Waals surface area contributed by atoms with Gasteiger partial charge in [-0.05, 0) is 47.6 Å². The van der Waals surface area contributed by atoms with E-state index in [0.29, 0.717) is 0 Å². The monoisotopic (exact) mass is 294 g/mol. The van der Waals surface area contributed by atoms with Gasteiger partial charge in [-0.3, -0.25) is 0 Å². The molecule has 0 aliphatic rings. The molecular formula is C19H34S. The summed E-state index contributed by atoms with van der Waals surface area (Å²) in [6.45, 7) is 4.58. The third kappa shape index (κ3) is 8.09. The van der Waals surface area contributed by atoms with Crippen molar-refractivity contribution in [3.8, 4) is 0 Å². The number of hydrogen-bond acceptors (Lipinski definition) is 1. The first kappa shape index (κ1) is 17.8. The summed E-state index contributed by atoms with van der Waals surface area (Å²) in [6.07, 6.45) is 18.1. The largest absolute Gasteiger partial charge is 0.152 e. The first-order valence-electron chi connectivity index (χ1n) is 8.92. The Labute approximate surface area is 131 Å². The smallest absolute Gasteiger partial charge is 0.00584 e. The van der Waals surface area contributed by atoms with E-state index in [9.17, 15) is 0 Å². The van der Waals surface area contributed by atoms with Crippen LogP contribution in [0.2, 0.25) is 0 Å². The fourth-order valence-corrected chi connectivity index (χ4v) is 3.74. The number of aryl methyl sites for hydroxylation is 2. The van der Waals surface area contributed by atoms with Crippen LogP contribution in [0, 0.1) is 0 Å². The second kappa shape index (κ2) is 12.4. The Kier molecular flexibility index (Phi) is 11.0. The van der Waals surface area contributed by atoms with Gasteiger partial charge in [0.1, 0.15) is 0 Å². The molecule has 0 fully saturated rings. The van der Waals surface area contributed by atoms with Gasteiger partial charge in [0.05, 0.1) is 0 Å². The maximum atomic E-state index is 2.40. The lowest BCUT2D eigenvalue weighted by molar-refractivity contribution is 0.604. The molecule has 116 valence electrons. The molecule has 0 radical (unpaired) electrons. The maximum absolute atomic E-state index is 2.40. The SMILES string of the molecule is CCCCCCCCc1cscc1CCCCCCC. The number of unbranched alkanes of at least 4 members (excludes halogenated alkanes) is 9. The summed E-state index contributed by atoms with van der Waals surface area (Å²) in [5.74, 6) is 0. The van der Waals surface area contributed by atoms with Crippen molar-refractivity contribution < 1.29 is 0 Å². The molecule has 1 aromatic heterocycles. The Bertz CT molecular complexity index is 313. The number of rotatable bonds is 13. The predicted molar refractivity (Wildman–Crippen MR) is 93.9 cm³/mol.